The highest BCUT2D eigenvalue weighted by molar-refractivity contribution is 5.76. The van der Waals surface area contributed by atoms with E-state index in [1.54, 1.807) is 17.3 Å². The number of imidazole rings is 1. The van der Waals surface area contributed by atoms with Gasteiger partial charge in [-0.25, -0.2) is 28.7 Å². The molecule has 0 saturated carbocycles. The Hall–Kier alpha value is -3.46. The van der Waals surface area contributed by atoms with E-state index in [1.807, 2.05) is 30.3 Å². The molecular formula is C24H22F2N6O. The maximum absolute atomic E-state index is 13.4. The molecule has 0 radical (unpaired) electrons. The van der Waals surface area contributed by atoms with Gasteiger partial charge < -0.3 is 14.2 Å². The van der Waals surface area contributed by atoms with E-state index in [9.17, 15) is 8.78 Å². The SMILES string of the molecule is FC1(F)CCN(c2ncc(-c3ccc4nc5n(c4n3)C(c3ccccc3)COC5)cn2)CC1. The van der Waals surface area contributed by atoms with Crippen LogP contribution >= 0.6 is 0 Å². The van der Waals surface area contributed by atoms with Crippen molar-refractivity contribution in [2.24, 2.45) is 0 Å². The minimum atomic E-state index is -2.59. The highest BCUT2D eigenvalue weighted by atomic mass is 19.3. The van der Waals surface area contributed by atoms with Crippen LogP contribution in [0.2, 0.25) is 0 Å². The number of pyridine rings is 1. The topological polar surface area (TPSA) is 69.0 Å². The molecule has 0 aliphatic carbocycles. The number of halogens is 2. The second-order valence-corrected chi connectivity index (χ2v) is 8.49. The highest BCUT2D eigenvalue weighted by Gasteiger charge is 2.34. The van der Waals surface area contributed by atoms with Crippen LogP contribution < -0.4 is 4.90 Å². The second kappa shape index (κ2) is 7.84. The van der Waals surface area contributed by atoms with E-state index < -0.39 is 5.92 Å². The Morgan fingerprint density at radius 3 is 2.45 bits per heavy atom. The molecule has 1 fully saturated rings. The lowest BCUT2D eigenvalue weighted by Crippen LogP contribution is -2.40. The fourth-order valence-electron chi connectivity index (χ4n) is 4.52. The van der Waals surface area contributed by atoms with Crippen LogP contribution in [-0.2, 0) is 11.3 Å². The molecule has 33 heavy (non-hydrogen) atoms. The van der Waals surface area contributed by atoms with E-state index in [1.165, 1.54) is 0 Å². The minimum absolute atomic E-state index is 0.00134. The third-order valence-electron chi connectivity index (χ3n) is 6.32. The van der Waals surface area contributed by atoms with Gasteiger partial charge in [0.2, 0.25) is 5.95 Å². The number of anilines is 1. The van der Waals surface area contributed by atoms with Gasteiger partial charge in [-0.1, -0.05) is 30.3 Å². The molecule has 0 N–H and O–H groups in total. The fraction of sp³-hybridized carbons (Fsp3) is 0.333. The Balaban J connectivity index is 1.33. The molecular weight excluding hydrogens is 426 g/mol. The number of benzene rings is 1. The van der Waals surface area contributed by atoms with Gasteiger partial charge in [-0.05, 0) is 17.7 Å². The number of fused-ring (bicyclic) bond motifs is 3. The summed E-state index contributed by atoms with van der Waals surface area (Å²) in [5.74, 6) is -1.27. The Morgan fingerprint density at radius 1 is 0.939 bits per heavy atom. The summed E-state index contributed by atoms with van der Waals surface area (Å²) in [7, 11) is 0. The Bertz CT molecular complexity index is 1280. The molecule has 9 heteroatoms. The number of rotatable bonds is 3. The normalized spacial score (nSPS) is 20.1. The molecule has 2 aliphatic heterocycles. The van der Waals surface area contributed by atoms with E-state index in [4.69, 9.17) is 14.7 Å². The maximum Gasteiger partial charge on any atom is 0.251 e. The van der Waals surface area contributed by atoms with Gasteiger partial charge in [-0.3, -0.25) is 0 Å². The third kappa shape index (κ3) is 3.72. The maximum atomic E-state index is 13.4. The van der Waals surface area contributed by atoms with Gasteiger partial charge in [0.05, 0.1) is 18.3 Å². The lowest BCUT2D eigenvalue weighted by atomic mass is 10.1. The summed E-state index contributed by atoms with van der Waals surface area (Å²) >= 11 is 0. The van der Waals surface area contributed by atoms with Crippen LogP contribution in [0.3, 0.4) is 0 Å². The number of aromatic nitrogens is 5. The number of nitrogens with zero attached hydrogens (tertiary/aromatic N) is 6. The van der Waals surface area contributed by atoms with Crippen LogP contribution in [0.25, 0.3) is 22.4 Å². The van der Waals surface area contributed by atoms with E-state index in [0.717, 1.165) is 33.8 Å². The summed E-state index contributed by atoms with van der Waals surface area (Å²) in [5.41, 5.74) is 4.25. The number of hydrogen-bond acceptors (Lipinski definition) is 6. The van der Waals surface area contributed by atoms with Crippen LogP contribution in [0.4, 0.5) is 14.7 Å². The number of piperidine rings is 1. The van der Waals surface area contributed by atoms with Crippen molar-refractivity contribution in [1.82, 2.24) is 24.5 Å². The van der Waals surface area contributed by atoms with Crippen molar-refractivity contribution >= 4 is 17.1 Å². The average molecular weight is 448 g/mol. The first kappa shape index (κ1) is 20.2. The van der Waals surface area contributed by atoms with E-state index in [2.05, 4.69) is 26.7 Å². The van der Waals surface area contributed by atoms with Gasteiger partial charge in [-0.2, -0.15) is 0 Å². The quantitative estimate of drug-likeness (QED) is 0.467. The van der Waals surface area contributed by atoms with Gasteiger partial charge in [0.1, 0.15) is 17.9 Å². The summed E-state index contributed by atoms with van der Waals surface area (Å²) in [4.78, 5) is 20.3. The molecule has 0 amide bonds. The molecule has 0 spiro atoms. The minimum Gasteiger partial charge on any atom is -0.371 e. The summed E-state index contributed by atoms with van der Waals surface area (Å²) < 4.78 is 34.9. The first-order valence-electron chi connectivity index (χ1n) is 11.0. The standard InChI is InChI=1S/C24H22F2N6O/c25-24(26)8-10-31(11-9-24)23-27-12-17(13-28-23)18-6-7-19-22(30-18)32-20(14-33-15-21(32)29-19)16-4-2-1-3-5-16/h1-7,12-13,20H,8-11,14-15H2. The largest absolute Gasteiger partial charge is 0.371 e. The number of ether oxygens (including phenoxy) is 1. The molecule has 1 aromatic carbocycles. The molecule has 1 atom stereocenters. The molecule has 7 nitrogen and oxygen atoms in total. The smallest absolute Gasteiger partial charge is 0.251 e. The zero-order valence-corrected chi connectivity index (χ0v) is 17.9. The van der Waals surface area contributed by atoms with Crippen LogP contribution in [-0.4, -0.2) is 50.1 Å². The van der Waals surface area contributed by atoms with Gasteiger partial charge in [-0.15, -0.1) is 0 Å². The predicted molar refractivity (Wildman–Crippen MR) is 119 cm³/mol. The summed E-state index contributed by atoms with van der Waals surface area (Å²) in [6.07, 6.45) is 3.06. The fourth-order valence-corrected chi connectivity index (χ4v) is 4.52. The molecule has 168 valence electrons. The van der Waals surface area contributed by atoms with Gasteiger partial charge in [0, 0.05) is 43.9 Å². The van der Waals surface area contributed by atoms with Crippen LogP contribution in [0.5, 0.6) is 0 Å². The Morgan fingerprint density at radius 2 is 1.70 bits per heavy atom. The molecule has 1 saturated heterocycles. The summed E-state index contributed by atoms with van der Waals surface area (Å²) in [6, 6.07) is 14.1. The second-order valence-electron chi connectivity index (χ2n) is 8.49. The van der Waals surface area contributed by atoms with Gasteiger partial charge in [0.15, 0.2) is 5.65 Å². The van der Waals surface area contributed by atoms with E-state index >= 15 is 0 Å². The van der Waals surface area contributed by atoms with Crippen molar-refractivity contribution in [3.63, 3.8) is 0 Å². The van der Waals surface area contributed by atoms with Crippen molar-refractivity contribution in [2.75, 3.05) is 24.6 Å². The molecule has 3 aromatic heterocycles. The van der Waals surface area contributed by atoms with E-state index in [0.29, 0.717) is 19.2 Å². The summed E-state index contributed by atoms with van der Waals surface area (Å²) in [5, 5.41) is 0. The molecule has 2 aliphatic rings. The predicted octanol–water partition coefficient (Wildman–Crippen LogP) is 4.24. The van der Waals surface area contributed by atoms with Crippen molar-refractivity contribution in [1.29, 1.82) is 0 Å². The third-order valence-corrected chi connectivity index (χ3v) is 6.32. The van der Waals surface area contributed by atoms with Gasteiger partial charge >= 0.3 is 0 Å². The van der Waals surface area contributed by atoms with E-state index in [-0.39, 0.29) is 32.0 Å². The molecule has 6 rings (SSSR count). The molecule has 0 bridgehead atoms. The summed E-state index contributed by atoms with van der Waals surface area (Å²) in [6.45, 7) is 1.51. The van der Waals surface area contributed by atoms with Crippen molar-refractivity contribution < 1.29 is 13.5 Å². The van der Waals surface area contributed by atoms with Crippen molar-refractivity contribution in [2.45, 2.75) is 31.4 Å². The number of hydrogen-bond donors (Lipinski definition) is 0. The van der Waals surface area contributed by atoms with Crippen LogP contribution in [0.15, 0.2) is 54.9 Å². The zero-order valence-electron chi connectivity index (χ0n) is 17.9. The lowest BCUT2D eigenvalue weighted by Gasteiger charge is -2.31. The number of alkyl halides is 2. The average Bonchev–Trinajstić information content (AvgIpc) is 3.23. The molecule has 4 aromatic rings. The van der Waals surface area contributed by atoms with Gasteiger partial charge in [0.25, 0.3) is 5.92 Å². The first-order valence-corrected chi connectivity index (χ1v) is 11.0. The monoisotopic (exact) mass is 448 g/mol. The molecule has 5 heterocycles. The first-order chi connectivity index (χ1) is 16.1. The Labute approximate surface area is 189 Å². The Kier molecular flexibility index (Phi) is 4.79. The zero-order chi connectivity index (χ0) is 22.4. The van der Waals surface area contributed by atoms with Crippen LogP contribution in [0.1, 0.15) is 30.3 Å². The molecule has 1 unspecified atom stereocenters. The lowest BCUT2D eigenvalue weighted by molar-refractivity contribution is -0.0222. The van der Waals surface area contributed by atoms with Crippen LogP contribution in [0, 0.1) is 0 Å². The van der Waals surface area contributed by atoms with Crippen molar-refractivity contribution in [3.8, 4) is 11.3 Å². The highest BCUT2D eigenvalue weighted by Crippen LogP contribution is 2.32. The van der Waals surface area contributed by atoms with Crippen molar-refractivity contribution in [3.05, 3.63) is 66.2 Å².